The summed E-state index contributed by atoms with van der Waals surface area (Å²) in [5.41, 5.74) is 0.966. The number of thiazole rings is 1. The van der Waals surface area contributed by atoms with Crippen molar-refractivity contribution in [3.8, 4) is 0 Å². The summed E-state index contributed by atoms with van der Waals surface area (Å²) >= 11 is 7.51. The van der Waals surface area contributed by atoms with Crippen LogP contribution in [0.5, 0.6) is 0 Å². The molecular formula is C17H20ClN3O3S2. The first kappa shape index (κ1) is 19.3. The number of hydrogen-bond acceptors (Lipinski definition) is 5. The fraction of sp³-hybridized carbons (Fsp3) is 0.412. The highest BCUT2D eigenvalue weighted by Gasteiger charge is 2.27. The number of nitrogens with one attached hydrogen (secondary N) is 1. The maximum atomic E-state index is 12.8. The van der Waals surface area contributed by atoms with E-state index in [1.165, 1.54) is 33.8 Å². The highest BCUT2D eigenvalue weighted by Crippen LogP contribution is 2.27. The molecule has 2 aromatic rings. The molecule has 1 aromatic carbocycles. The lowest BCUT2D eigenvalue weighted by Crippen LogP contribution is -2.35. The number of hydrogen-bond donors (Lipinski definition) is 1. The number of amides is 1. The van der Waals surface area contributed by atoms with Gasteiger partial charge in [0, 0.05) is 18.0 Å². The summed E-state index contributed by atoms with van der Waals surface area (Å²) in [6, 6.07) is 4.24. The Morgan fingerprint density at radius 1 is 1.23 bits per heavy atom. The van der Waals surface area contributed by atoms with Gasteiger partial charge in [0.25, 0.3) is 5.91 Å². The SMILES string of the molecule is Cc1nc(NC(=O)c2cc(S(=O)(=O)N3CCCCC3)ccc2Cl)sc1C. The molecule has 0 unspecified atom stereocenters. The molecule has 1 aromatic heterocycles. The lowest BCUT2D eigenvalue weighted by atomic mass is 10.2. The quantitative estimate of drug-likeness (QED) is 0.825. The molecule has 26 heavy (non-hydrogen) atoms. The van der Waals surface area contributed by atoms with Gasteiger partial charge in [-0.05, 0) is 44.9 Å². The molecular weight excluding hydrogens is 394 g/mol. The lowest BCUT2D eigenvalue weighted by Gasteiger charge is -2.26. The second kappa shape index (κ2) is 7.64. The Labute approximate surface area is 162 Å². The Balaban J connectivity index is 1.88. The van der Waals surface area contributed by atoms with Gasteiger partial charge in [-0.25, -0.2) is 13.4 Å². The number of nitrogens with zero attached hydrogens (tertiary/aromatic N) is 2. The summed E-state index contributed by atoms with van der Waals surface area (Å²) in [5.74, 6) is -0.473. The van der Waals surface area contributed by atoms with Crippen molar-refractivity contribution in [2.45, 2.75) is 38.0 Å². The van der Waals surface area contributed by atoms with Gasteiger partial charge < -0.3 is 0 Å². The van der Waals surface area contributed by atoms with Crippen LogP contribution >= 0.6 is 22.9 Å². The summed E-state index contributed by atoms with van der Waals surface area (Å²) in [6.45, 7) is 4.79. The predicted octanol–water partition coefficient (Wildman–Crippen LogP) is 3.84. The first-order chi connectivity index (χ1) is 12.3. The van der Waals surface area contributed by atoms with Crippen LogP contribution in [0.15, 0.2) is 23.1 Å². The number of benzene rings is 1. The van der Waals surface area contributed by atoms with Gasteiger partial charge in [0.05, 0.1) is 21.2 Å². The van der Waals surface area contributed by atoms with Crippen molar-refractivity contribution in [2.24, 2.45) is 0 Å². The summed E-state index contributed by atoms with van der Waals surface area (Å²) in [5, 5.41) is 3.36. The molecule has 0 spiro atoms. The first-order valence-corrected chi connectivity index (χ1v) is 11.0. The van der Waals surface area contributed by atoms with Crippen molar-refractivity contribution in [1.82, 2.24) is 9.29 Å². The molecule has 0 radical (unpaired) electrons. The Hall–Kier alpha value is -1.48. The molecule has 1 N–H and O–H groups in total. The molecule has 9 heteroatoms. The van der Waals surface area contributed by atoms with Crippen LogP contribution in [0.3, 0.4) is 0 Å². The highest BCUT2D eigenvalue weighted by molar-refractivity contribution is 7.89. The molecule has 1 aliphatic heterocycles. The number of carbonyl (C=O) groups excluding carboxylic acids is 1. The molecule has 2 heterocycles. The number of piperidine rings is 1. The number of rotatable bonds is 4. The molecule has 0 bridgehead atoms. The fourth-order valence-corrected chi connectivity index (χ4v) is 5.34. The van der Waals surface area contributed by atoms with Gasteiger partial charge in [0.15, 0.2) is 5.13 Å². The van der Waals surface area contributed by atoms with E-state index in [2.05, 4.69) is 10.3 Å². The van der Waals surface area contributed by atoms with Crippen molar-refractivity contribution in [3.63, 3.8) is 0 Å². The van der Waals surface area contributed by atoms with E-state index >= 15 is 0 Å². The molecule has 140 valence electrons. The maximum absolute atomic E-state index is 12.8. The third kappa shape index (κ3) is 3.93. The zero-order valence-corrected chi connectivity index (χ0v) is 17.0. The monoisotopic (exact) mass is 413 g/mol. The van der Waals surface area contributed by atoms with E-state index in [4.69, 9.17) is 11.6 Å². The van der Waals surface area contributed by atoms with Crippen LogP contribution in [0.2, 0.25) is 5.02 Å². The van der Waals surface area contributed by atoms with Crippen molar-refractivity contribution in [2.75, 3.05) is 18.4 Å². The third-order valence-corrected chi connectivity index (χ3v) is 7.60. The molecule has 3 rings (SSSR count). The van der Waals surface area contributed by atoms with E-state index in [9.17, 15) is 13.2 Å². The number of aryl methyl sites for hydroxylation is 2. The smallest absolute Gasteiger partial charge is 0.259 e. The maximum Gasteiger partial charge on any atom is 0.259 e. The average Bonchev–Trinajstić information content (AvgIpc) is 2.93. The Kier molecular flexibility index (Phi) is 5.67. The minimum absolute atomic E-state index is 0.0837. The van der Waals surface area contributed by atoms with Gasteiger partial charge in [-0.2, -0.15) is 4.31 Å². The van der Waals surface area contributed by atoms with Gasteiger partial charge in [0.1, 0.15) is 0 Å². The van der Waals surface area contributed by atoms with E-state index < -0.39 is 15.9 Å². The van der Waals surface area contributed by atoms with Gasteiger partial charge in [-0.1, -0.05) is 18.0 Å². The number of carbonyl (C=O) groups is 1. The van der Waals surface area contributed by atoms with Gasteiger partial charge in [0.2, 0.25) is 10.0 Å². The van der Waals surface area contributed by atoms with Gasteiger partial charge in [-0.15, -0.1) is 11.3 Å². The molecule has 6 nitrogen and oxygen atoms in total. The second-order valence-corrected chi connectivity index (χ2v) is 9.77. The van der Waals surface area contributed by atoms with Crippen LogP contribution in [0.1, 0.15) is 40.2 Å². The van der Waals surface area contributed by atoms with Crippen molar-refractivity contribution >= 4 is 44.0 Å². The normalized spacial score (nSPS) is 15.8. The molecule has 1 saturated heterocycles. The molecule has 0 saturated carbocycles. The number of halogens is 1. The predicted molar refractivity (Wildman–Crippen MR) is 104 cm³/mol. The van der Waals surface area contributed by atoms with Crippen LogP contribution in [0, 0.1) is 13.8 Å². The van der Waals surface area contributed by atoms with Crippen LogP contribution in [0.4, 0.5) is 5.13 Å². The lowest BCUT2D eigenvalue weighted by molar-refractivity contribution is 0.102. The number of aromatic nitrogens is 1. The zero-order valence-electron chi connectivity index (χ0n) is 14.6. The van der Waals surface area contributed by atoms with E-state index in [1.54, 1.807) is 0 Å². The summed E-state index contributed by atoms with van der Waals surface area (Å²) in [6.07, 6.45) is 2.73. The van der Waals surface area contributed by atoms with Crippen LogP contribution < -0.4 is 5.32 Å². The zero-order chi connectivity index (χ0) is 18.9. The fourth-order valence-electron chi connectivity index (χ4n) is 2.78. The van der Waals surface area contributed by atoms with Gasteiger partial charge in [-0.3, -0.25) is 10.1 Å². The molecule has 1 fully saturated rings. The second-order valence-electron chi connectivity index (χ2n) is 6.22. The standard InChI is InChI=1S/C17H20ClN3O3S2/c1-11-12(2)25-17(19-11)20-16(22)14-10-13(6-7-15(14)18)26(23,24)21-8-4-3-5-9-21/h6-7,10H,3-5,8-9H2,1-2H3,(H,19,20,22). The van der Waals surface area contributed by atoms with Gasteiger partial charge >= 0.3 is 0 Å². The van der Waals surface area contributed by atoms with E-state index in [1.807, 2.05) is 13.8 Å². The van der Waals surface area contributed by atoms with Crippen molar-refractivity contribution in [1.29, 1.82) is 0 Å². The van der Waals surface area contributed by atoms with E-state index in [0.29, 0.717) is 18.2 Å². The molecule has 1 aliphatic rings. The minimum atomic E-state index is -3.63. The Morgan fingerprint density at radius 3 is 2.54 bits per heavy atom. The van der Waals surface area contributed by atoms with Crippen molar-refractivity contribution in [3.05, 3.63) is 39.4 Å². The molecule has 0 aliphatic carbocycles. The topological polar surface area (TPSA) is 79.4 Å². The summed E-state index contributed by atoms with van der Waals surface area (Å²) < 4.78 is 27.1. The Bertz CT molecular complexity index is 915. The minimum Gasteiger partial charge on any atom is -0.298 e. The highest BCUT2D eigenvalue weighted by atomic mass is 35.5. The average molecular weight is 414 g/mol. The Morgan fingerprint density at radius 2 is 1.92 bits per heavy atom. The van der Waals surface area contributed by atoms with E-state index in [0.717, 1.165) is 29.8 Å². The summed E-state index contributed by atoms with van der Waals surface area (Å²) in [4.78, 5) is 17.9. The summed E-state index contributed by atoms with van der Waals surface area (Å²) in [7, 11) is -3.63. The van der Waals surface area contributed by atoms with Crippen LogP contribution in [-0.4, -0.2) is 36.7 Å². The molecule has 1 amide bonds. The van der Waals surface area contributed by atoms with Crippen LogP contribution in [0.25, 0.3) is 0 Å². The third-order valence-electron chi connectivity index (χ3n) is 4.38. The molecule has 0 atom stereocenters. The van der Waals surface area contributed by atoms with Crippen LogP contribution in [-0.2, 0) is 10.0 Å². The van der Waals surface area contributed by atoms with E-state index in [-0.39, 0.29) is 15.5 Å². The first-order valence-electron chi connectivity index (χ1n) is 8.34. The number of sulfonamides is 1. The van der Waals surface area contributed by atoms with Crippen molar-refractivity contribution < 1.29 is 13.2 Å². The number of anilines is 1. The largest absolute Gasteiger partial charge is 0.298 e.